The van der Waals surface area contributed by atoms with E-state index < -0.39 is 0 Å². The topological polar surface area (TPSA) is 50.8 Å². The van der Waals surface area contributed by atoms with E-state index in [1.54, 1.807) is 0 Å². The third-order valence-corrected chi connectivity index (χ3v) is 6.83. The van der Waals surface area contributed by atoms with Crippen LogP contribution in [0.15, 0.2) is 54.6 Å². The maximum Gasteiger partial charge on any atom is 0.258 e. The van der Waals surface area contributed by atoms with Crippen LogP contribution < -0.4 is 10.1 Å². The van der Waals surface area contributed by atoms with Crippen molar-refractivity contribution in [2.45, 2.75) is 56.2 Å². The molecule has 172 valence electrons. The molecule has 32 heavy (non-hydrogen) atoms. The summed E-state index contributed by atoms with van der Waals surface area (Å²) in [5.41, 5.74) is 1.27. The summed E-state index contributed by atoms with van der Waals surface area (Å²) in [6, 6.07) is 16.5. The normalized spacial score (nSPS) is 25.2. The molecule has 0 bridgehead atoms. The number of hydrogen-bond acceptors (Lipinski definition) is 4. The van der Waals surface area contributed by atoms with E-state index in [1.165, 1.54) is 29.8 Å². The van der Waals surface area contributed by atoms with Gasteiger partial charge >= 0.3 is 0 Å². The van der Waals surface area contributed by atoms with E-state index in [0.29, 0.717) is 5.75 Å². The number of hydrogen-bond donors (Lipinski definition) is 1. The van der Waals surface area contributed by atoms with Crippen molar-refractivity contribution in [1.29, 1.82) is 0 Å². The van der Waals surface area contributed by atoms with E-state index in [1.807, 2.05) is 6.07 Å². The molecule has 2 fully saturated rings. The molecule has 1 spiro atoms. The number of ether oxygens (including phenoxy) is 2. The van der Waals surface area contributed by atoms with Crippen LogP contribution in [0.3, 0.4) is 0 Å². The lowest BCUT2D eigenvalue weighted by molar-refractivity contribution is -0.126. The van der Waals surface area contributed by atoms with Crippen molar-refractivity contribution >= 4 is 5.91 Å². The number of likely N-dealkylation sites (N-methyl/N-ethyl adjacent to an activating group) is 1. The summed E-state index contributed by atoms with van der Waals surface area (Å²) in [5, 5.41) is 3.20. The van der Waals surface area contributed by atoms with Crippen LogP contribution in [0.5, 0.6) is 5.75 Å². The van der Waals surface area contributed by atoms with Crippen molar-refractivity contribution in [2.24, 2.45) is 0 Å². The summed E-state index contributed by atoms with van der Waals surface area (Å²) < 4.78 is 24.8. The number of halogens is 1. The Labute approximate surface area is 189 Å². The first-order valence-corrected chi connectivity index (χ1v) is 11.6. The number of benzene rings is 2. The summed E-state index contributed by atoms with van der Waals surface area (Å²) in [4.78, 5) is 15.0. The van der Waals surface area contributed by atoms with Crippen LogP contribution in [0.2, 0.25) is 0 Å². The SMILES string of the molecule is CN(CCc1ccccc1)[C@@H]1C[C@@]2(CCCO2)CC[C@H]1NC(=O)COc1ccc(F)cc1. The highest BCUT2D eigenvalue weighted by molar-refractivity contribution is 5.78. The molecule has 1 heterocycles. The van der Waals surface area contributed by atoms with Crippen molar-refractivity contribution in [3.63, 3.8) is 0 Å². The van der Waals surface area contributed by atoms with Gasteiger partial charge in [0.25, 0.3) is 5.91 Å². The summed E-state index contributed by atoms with van der Waals surface area (Å²) in [6.07, 6.45) is 5.98. The van der Waals surface area contributed by atoms with Crippen LogP contribution in [0.4, 0.5) is 4.39 Å². The molecule has 0 unspecified atom stereocenters. The van der Waals surface area contributed by atoms with Gasteiger partial charge in [-0.05, 0) is 75.4 Å². The fourth-order valence-electron chi connectivity index (χ4n) is 5.03. The van der Waals surface area contributed by atoms with Crippen LogP contribution in [0.1, 0.15) is 37.7 Å². The average molecular weight is 441 g/mol. The first kappa shape index (κ1) is 22.7. The molecule has 2 aliphatic rings. The van der Waals surface area contributed by atoms with E-state index in [4.69, 9.17) is 9.47 Å². The molecule has 0 aromatic heterocycles. The lowest BCUT2D eigenvalue weighted by Crippen LogP contribution is -2.58. The lowest BCUT2D eigenvalue weighted by Gasteiger charge is -2.46. The van der Waals surface area contributed by atoms with E-state index in [0.717, 1.165) is 51.7 Å². The first-order valence-electron chi connectivity index (χ1n) is 11.6. The fourth-order valence-corrected chi connectivity index (χ4v) is 5.03. The number of rotatable bonds is 8. The molecule has 1 aliphatic carbocycles. The number of nitrogens with zero attached hydrogens (tertiary/aromatic N) is 1. The molecule has 1 saturated carbocycles. The van der Waals surface area contributed by atoms with Gasteiger partial charge < -0.3 is 19.7 Å². The standard InChI is InChI=1S/C26H33FN2O3/c1-29(16-13-20-6-3-2-4-7-20)24-18-26(14-5-17-32-26)15-12-23(24)28-25(30)19-31-22-10-8-21(27)9-11-22/h2-4,6-11,23-24H,5,12-19H2,1H3,(H,28,30)/t23-,24-,26-/m1/s1. The zero-order valence-corrected chi connectivity index (χ0v) is 18.8. The van der Waals surface area contributed by atoms with E-state index in [9.17, 15) is 9.18 Å². The van der Waals surface area contributed by atoms with Crippen molar-refractivity contribution in [3.8, 4) is 5.75 Å². The van der Waals surface area contributed by atoms with Gasteiger partial charge in [0, 0.05) is 25.2 Å². The summed E-state index contributed by atoms with van der Waals surface area (Å²) in [5.74, 6) is 0.0116. The van der Waals surface area contributed by atoms with Crippen molar-refractivity contribution < 1.29 is 18.7 Å². The second kappa shape index (κ2) is 10.5. The van der Waals surface area contributed by atoms with Crippen molar-refractivity contribution in [1.82, 2.24) is 10.2 Å². The monoisotopic (exact) mass is 440 g/mol. The molecule has 5 nitrogen and oxygen atoms in total. The van der Waals surface area contributed by atoms with E-state index in [2.05, 4.69) is 41.5 Å². The summed E-state index contributed by atoms with van der Waals surface area (Å²) in [6.45, 7) is 1.68. The molecule has 1 amide bonds. The highest BCUT2D eigenvalue weighted by Gasteiger charge is 2.45. The predicted octanol–water partition coefficient (Wildman–Crippen LogP) is 3.97. The van der Waals surface area contributed by atoms with Crippen LogP contribution in [-0.4, -0.2) is 55.3 Å². The Morgan fingerprint density at radius 2 is 1.97 bits per heavy atom. The predicted molar refractivity (Wildman–Crippen MR) is 122 cm³/mol. The van der Waals surface area contributed by atoms with Gasteiger partial charge in [0.1, 0.15) is 11.6 Å². The highest BCUT2D eigenvalue weighted by atomic mass is 19.1. The smallest absolute Gasteiger partial charge is 0.258 e. The maximum atomic E-state index is 13.1. The molecule has 1 aliphatic heterocycles. The summed E-state index contributed by atoms with van der Waals surface area (Å²) >= 11 is 0. The second-order valence-electron chi connectivity index (χ2n) is 9.08. The molecule has 1 saturated heterocycles. The van der Waals surface area contributed by atoms with Gasteiger partial charge in [-0.25, -0.2) is 4.39 Å². The molecule has 1 N–H and O–H groups in total. The van der Waals surface area contributed by atoms with Crippen molar-refractivity contribution in [3.05, 3.63) is 66.0 Å². The number of carbonyl (C=O) groups is 1. The molecule has 2 aromatic carbocycles. The summed E-state index contributed by atoms with van der Waals surface area (Å²) in [7, 11) is 2.15. The largest absolute Gasteiger partial charge is 0.484 e. The molecule has 0 radical (unpaired) electrons. The van der Waals surface area contributed by atoms with Gasteiger partial charge in [0.15, 0.2) is 6.61 Å². The first-order chi connectivity index (χ1) is 15.5. The van der Waals surface area contributed by atoms with Gasteiger partial charge in [-0.15, -0.1) is 0 Å². The van der Waals surface area contributed by atoms with Gasteiger partial charge in [-0.2, -0.15) is 0 Å². The highest BCUT2D eigenvalue weighted by Crippen LogP contribution is 2.41. The molecular formula is C26H33FN2O3. The Kier molecular flexibility index (Phi) is 7.43. The van der Waals surface area contributed by atoms with Gasteiger partial charge in [0.05, 0.1) is 5.60 Å². The van der Waals surface area contributed by atoms with Crippen LogP contribution in [-0.2, 0) is 16.0 Å². The van der Waals surface area contributed by atoms with E-state index in [-0.39, 0.29) is 36.0 Å². The van der Waals surface area contributed by atoms with E-state index >= 15 is 0 Å². The fraction of sp³-hybridized carbons (Fsp3) is 0.500. The van der Waals surface area contributed by atoms with Gasteiger partial charge in [-0.1, -0.05) is 30.3 Å². The number of nitrogens with one attached hydrogen (secondary N) is 1. The van der Waals surface area contributed by atoms with Gasteiger partial charge in [0.2, 0.25) is 0 Å². The minimum atomic E-state index is -0.326. The Balaban J connectivity index is 1.36. The quantitative estimate of drug-likeness (QED) is 0.675. The molecule has 3 atom stereocenters. The van der Waals surface area contributed by atoms with Gasteiger partial charge in [-0.3, -0.25) is 4.79 Å². The van der Waals surface area contributed by atoms with Crippen LogP contribution in [0, 0.1) is 5.82 Å². The average Bonchev–Trinajstić information content (AvgIpc) is 3.27. The second-order valence-corrected chi connectivity index (χ2v) is 9.08. The minimum absolute atomic E-state index is 0.0441. The minimum Gasteiger partial charge on any atom is -0.484 e. The Morgan fingerprint density at radius 3 is 2.69 bits per heavy atom. The third-order valence-electron chi connectivity index (χ3n) is 6.83. The Hall–Kier alpha value is -2.44. The molecule has 6 heteroatoms. The number of amides is 1. The molecular weight excluding hydrogens is 407 g/mol. The van der Waals surface area contributed by atoms with Crippen LogP contribution in [0.25, 0.3) is 0 Å². The maximum absolute atomic E-state index is 13.1. The zero-order chi connectivity index (χ0) is 22.4. The molecule has 2 aromatic rings. The third kappa shape index (κ3) is 5.87. The Bertz CT molecular complexity index is 868. The van der Waals surface area contributed by atoms with Crippen molar-refractivity contribution in [2.75, 3.05) is 26.8 Å². The zero-order valence-electron chi connectivity index (χ0n) is 18.8. The number of carbonyl (C=O) groups excluding carboxylic acids is 1. The lowest BCUT2D eigenvalue weighted by atomic mass is 9.76. The Morgan fingerprint density at radius 1 is 1.19 bits per heavy atom. The molecule has 4 rings (SSSR count). The van der Waals surface area contributed by atoms with Crippen LogP contribution >= 0.6 is 0 Å².